The van der Waals surface area contributed by atoms with Crippen molar-refractivity contribution in [3.63, 3.8) is 0 Å². The zero-order chi connectivity index (χ0) is 9.68. The number of carbonyl (C=O) groups is 1. The van der Waals surface area contributed by atoms with E-state index in [4.69, 9.17) is 9.84 Å². The number of ether oxygens (including phenoxy) is 1. The Kier molecular flexibility index (Phi) is 3.96. The van der Waals surface area contributed by atoms with Crippen molar-refractivity contribution < 1.29 is 14.6 Å². The van der Waals surface area contributed by atoms with Gasteiger partial charge in [0.25, 0.3) is 0 Å². The molecule has 1 aliphatic heterocycles. The normalized spacial score (nSPS) is 22.1. The third-order valence-corrected chi connectivity index (χ3v) is 2.22. The summed E-state index contributed by atoms with van der Waals surface area (Å²) in [5, 5.41) is 8.54. The molecule has 0 aromatic rings. The monoisotopic (exact) mass is 184 g/mol. The smallest absolute Gasteiger partial charge is 0.333 e. The van der Waals surface area contributed by atoms with Crippen LogP contribution in [0.2, 0.25) is 0 Å². The summed E-state index contributed by atoms with van der Waals surface area (Å²) in [5.74, 6) is -0.243. The average Bonchev–Trinajstić information content (AvgIpc) is 2.41. The molecular weight excluding hydrogens is 168 g/mol. The molecule has 0 aromatic heterocycles. The Balaban J connectivity index is 2.10. The number of cyclic esters (lactones) is 1. The molecule has 3 nitrogen and oxygen atoms in total. The van der Waals surface area contributed by atoms with Crippen molar-refractivity contribution in [3.8, 4) is 0 Å². The molecule has 1 aliphatic rings. The van der Waals surface area contributed by atoms with Gasteiger partial charge in [-0.2, -0.15) is 0 Å². The van der Waals surface area contributed by atoms with Crippen LogP contribution in [-0.4, -0.2) is 23.8 Å². The van der Waals surface area contributed by atoms with Crippen LogP contribution < -0.4 is 0 Å². The van der Waals surface area contributed by atoms with Crippen molar-refractivity contribution in [3.05, 3.63) is 12.2 Å². The van der Waals surface area contributed by atoms with Gasteiger partial charge in [0.15, 0.2) is 0 Å². The van der Waals surface area contributed by atoms with Gasteiger partial charge in [-0.25, -0.2) is 4.79 Å². The van der Waals surface area contributed by atoms with E-state index in [9.17, 15) is 4.79 Å². The zero-order valence-electron chi connectivity index (χ0n) is 7.79. The summed E-state index contributed by atoms with van der Waals surface area (Å²) in [6.45, 7) is 3.86. The van der Waals surface area contributed by atoms with Crippen LogP contribution in [0.4, 0.5) is 0 Å². The standard InChI is InChI=1S/C10H16O3/c1-8-7-9(13-10(8)12)5-3-2-4-6-11/h9,11H,1-7H2. The fourth-order valence-electron chi connectivity index (χ4n) is 1.46. The molecule has 3 heteroatoms. The first-order valence-electron chi connectivity index (χ1n) is 4.73. The minimum atomic E-state index is -0.243. The maximum absolute atomic E-state index is 10.9. The van der Waals surface area contributed by atoms with E-state index in [0.29, 0.717) is 12.0 Å². The molecule has 0 bridgehead atoms. The molecular formula is C10H16O3. The van der Waals surface area contributed by atoms with Crippen molar-refractivity contribution in [2.75, 3.05) is 6.61 Å². The highest BCUT2D eigenvalue weighted by Gasteiger charge is 2.26. The molecule has 1 fully saturated rings. The molecule has 0 amide bonds. The molecule has 0 spiro atoms. The Labute approximate surface area is 78.4 Å². The third kappa shape index (κ3) is 3.19. The topological polar surface area (TPSA) is 46.5 Å². The quantitative estimate of drug-likeness (QED) is 0.399. The number of hydrogen-bond acceptors (Lipinski definition) is 3. The van der Waals surface area contributed by atoms with Crippen LogP contribution in [-0.2, 0) is 9.53 Å². The van der Waals surface area contributed by atoms with Crippen LogP contribution in [0.3, 0.4) is 0 Å². The Bertz CT molecular complexity index is 182. The first-order valence-corrected chi connectivity index (χ1v) is 4.73. The van der Waals surface area contributed by atoms with Crippen LogP contribution in [0.25, 0.3) is 0 Å². The van der Waals surface area contributed by atoms with E-state index < -0.39 is 0 Å². The van der Waals surface area contributed by atoms with E-state index >= 15 is 0 Å². The lowest BCUT2D eigenvalue weighted by Crippen LogP contribution is -2.06. The number of hydrogen-bond donors (Lipinski definition) is 1. The molecule has 1 atom stereocenters. The van der Waals surface area contributed by atoms with Gasteiger partial charge in [-0.05, 0) is 19.3 Å². The summed E-state index contributed by atoms with van der Waals surface area (Å²) in [7, 11) is 0. The fourth-order valence-corrected chi connectivity index (χ4v) is 1.46. The minimum absolute atomic E-state index is 0.0405. The summed E-state index contributed by atoms with van der Waals surface area (Å²) < 4.78 is 5.05. The zero-order valence-corrected chi connectivity index (χ0v) is 7.79. The number of carbonyl (C=O) groups excluding carboxylic acids is 1. The van der Waals surface area contributed by atoms with E-state index in [1.807, 2.05) is 0 Å². The molecule has 1 rings (SSSR count). The van der Waals surface area contributed by atoms with Crippen molar-refractivity contribution in [1.29, 1.82) is 0 Å². The highest BCUT2D eigenvalue weighted by Crippen LogP contribution is 2.22. The van der Waals surface area contributed by atoms with Gasteiger partial charge in [-0.3, -0.25) is 0 Å². The van der Waals surface area contributed by atoms with E-state index in [0.717, 1.165) is 25.7 Å². The molecule has 1 N–H and O–H groups in total. The van der Waals surface area contributed by atoms with Gasteiger partial charge >= 0.3 is 5.97 Å². The molecule has 74 valence electrons. The summed E-state index contributed by atoms with van der Waals surface area (Å²) in [6.07, 6.45) is 4.45. The van der Waals surface area contributed by atoms with Gasteiger partial charge in [0, 0.05) is 18.6 Å². The van der Waals surface area contributed by atoms with Crippen molar-refractivity contribution in [2.24, 2.45) is 0 Å². The summed E-state index contributed by atoms with van der Waals surface area (Å²) in [6, 6.07) is 0. The summed E-state index contributed by atoms with van der Waals surface area (Å²) in [4.78, 5) is 10.9. The maximum Gasteiger partial charge on any atom is 0.333 e. The predicted molar refractivity (Wildman–Crippen MR) is 49.2 cm³/mol. The van der Waals surface area contributed by atoms with Gasteiger partial charge in [0.05, 0.1) is 0 Å². The third-order valence-electron chi connectivity index (χ3n) is 2.22. The lowest BCUT2D eigenvalue weighted by Gasteiger charge is -2.06. The van der Waals surface area contributed by atoms with Crippen LogP contribution in [0.15, 0.2) is 12.2 Å². The van der Waals surface area contributed by atoms with Gasteiger partial charge in [-0.1, -0.05) is 13.0 Å². The van der Waals surface area contributed by atoms with Crippen molar-refractivity contribution in [2.45, 2.75) is 38.2 Å². The molecule has 1 unspecified atom stereocenters. The van der Waals surface area contributed by atoms with Crippen LogP contribution in [0, 0.1) is 0 Å². The number of aliphatic hydroxyl groups is 1. The molecule has 0 saturated carbocycles. The second-order valence-corrected chi connectivity index (χ2v) is 3.41. The van der Waals surface area contributed by atoms with Gasteiger partial charge in [0.1, 0.15) is 6.10 Å². The number of esters is 1. The Hall–Kier alpha value is -0.830. The molecule has 0 aromatic carbocycles. The molecule has 1 saturated heterocycles. The van der Waals surface area contributed by atoms with Crippen molar-refractivity contribution >= 4 is 5.97 Å². The first-order chi connectivity index (χ1) is 6.24. The second-order valence-electron chi connectivity index (χ2n) is 3.41. The predicted octanol–water partition coefficient (Wildman–Crippen LogP) is 1.41. The minimum Gasteiger partial charge on any atom is -0.459 e. The lowest BCUT2D eigenvalue weighted by molar-refractivity contribution is -0.139. The Morgan fingerprint density at radius 3 is 2.77 bits per heavy atom. The highest BCUT2D eigenvalue weighted by atomic mass is 16.5. The maximum atomic E-state index is 10.9. The first kappa shape index (κ1) is 10.3. The summed E-state index contributed by atoms with van der Waals surface area (Å²) >= 11 is 0. The van der Waals surface area contributed by atoms with Crippen LogP contribution >= 0.6 is 0 Å². The number of rotatable bonds is 5. The second kappa shape index (κ2) is 5.02. The number of unbranched alkanes of at least 4 members (excludes halogenated alkanes) is 2. The van der Waals surface area contributed by atoms with E-state index in [1.54, 1.807) is 0 Å². The molecule has 0 radical (unpaired) electrons. The van der Waals surface area contributed by atoms with Gasteiger partial charge in [-0.15, -0.1) is 0 Å². The molecule has 0 aliphatic carbocycles. The summed E-state index contributed by atoms with van der Waals surface area (Å²) in [5.41, 5.74) is 0.590. The fraction of sp³-hybridized carbons (Fsp3) is 0.700. The van der Waals surface area contributed by atoms with E-state index in [1.165, 1.54) is 0 Å². The SMILES string of the molecule is C=C1CC(CCCCCO)OC1=O. The average molecular weight is 184 g/mol. The largest absolute Gasteiger partial charge is 0.459 e. The lowest BCUT2D eigenvalue weighted by atomic mass is 10.1. The Morgan fingerprint density at radius 1 is 1.46 bits per heavy atom. The number of aliphatic hydroxyl groups excluding tert-OH is 1. The van der Waals surface area contributed by atoms with Gasteiger partial charge < -0.3 is 9.84 Å². The van der Waals surface area contributed by atoms with Gasteiger partial charge in [0.2, 0.25) is 0 Å². The van der Waals surface area contributed by atoms with E-state index in [2.05, 4.69) is 6.58 Å². The Morgan fingerprint density at radius 2 is 2.23 bits per heavy atom. The van der Waals surface area contributed by atoms with E-state index in [-0.39, 0.29) is 18.7 Å². The van der Waals surface area contributed by atoms with Crippen molar-refractivity contribution in [1.82, 2.24) is 0 Å². The highest BCUT2D eigenvalue weighted by molar-refractivity contribution is 5.89. The molecule has 1 heterocycles. The van der Waals surface area contributed by atoms with Crippen LogP contribution in [0.1, 0.15) is 32.1 Å². The molecule has 13 heavy (non-hydrogen) atoms. The van der Waals surface area contributed by atoms with Crippen LogP contribution in [0.5, 0.6) is 0 Å².